The van der Waals surface area contributed by atoms with Crippen molar-refractivity contribution in [2.24, 2.45) is 40.9 Å². The second kappa shape index (κ2) is 22.3. The molecule has 0 unspecified atom stereocenters. The predicted molar refractivity (Wildman–Crippen MR) is 263 cm³/mol. The summed E-state index contributed by atoms with van der Waals surface area (Å²) in [5.74, 6) is -3.69. The number of azo groups is 4. The van der Waals surface area contributed by atoms with E-state index in [2.05, 4.69) is 46.0 Å². The molecule has 77 heavy (non-hydrogen) atoms. The van der Waals surface area contributed by atoms with Gasteiger partial charge in [-0.3, -0.25) is 18.2 Å². The van der Waals surface area contributed by atoms with Gasteiger partial charge in [-0.15, -0.1) is 30.7 Å². The molecule has 0 aliphatic rings. The molecular formula is C43H36N10O20S4. The second-order valence-electron chi connectivity index (χ2n) is 15.4. The van der Waals surface area contributed by atoms with Crippen LogP contribution in [0.25, 0.3) is 16.5 Å². The third kappa shape index (κ3) is 13.1. The highest BCUT2D eigenvalue weighted by atomic mass is 32.2. The van der Waals surface area contributed by atoms with Gasteiger partial charge in [-0.25, -0.2) is 4.79 Å². The third-order valence-corrected chi connectivity index (χ3v) is 13.7. The summed E-state index contributed by atoms with van der Waals surface area (Å²) in [6.45, 7) is -0.500. The van der Waals surface area contributed by atoms with Crippen molar-refractivity contribution in [1.29, 1.82) is 0 Å². The molecule has 0 saturated heterocycles. The van der Waals surface area contributed by atoms with Crippen molar-refractivity contribution in [3.8, 4) is 28.8 Å². The maximum absolute atomic E-state index is 12.9. The summed E-state index contributed by atoms with van der Waals surface area (Å²) in [6, 6.07) is 17.0. The number of aliphatic hydroxyl groups is 2. The number of aryl methyl sites for hydroxylation is 1. The molecular weight excluding hydrogens is 1100 g/mol. The molecule has 0 bridgehead atoms. The molecule has 0 saturated carbocycles. The van der Waals surface area contributed by atoms with Crippen LogP contribution >= 0.6 is 0 Å². The van der Waals surface area contributed by atoms with E-state index in [0.717, 1.165) is 59.3 Å². The number of ether oxygens (including phenoxy) is 2. The van der Waals surface area contributed by atoms with Crippen LogP contribution in [0.1, 0.15) is 16.1 Å². The Labute approximate surface area is 433 Å². The molecule has 9 N–H and O–H groups in total. The van der Waals surface area contributed by atoms with Crippen LogP contribution < -0.4 is 9.47 Å². The van der Waals surface area contributed by atoms with Gasteiger partial charge in [-0.2, -0.15) is 53.7 Å². The van der Waals surface area contributed by atoms with Gasteiger partial charge in [0.1, 0.15) is 62.9 Å². The molecule has 1 aromatic heterocycles. The number of aromatic nitrogens is 2. The highest BCUT2D eigenvalue weighted by molar-refractivity contribution is 7.86. The molecule has 7 rings (SSSR count). The van der Waals surface area contributed by atoms with Crippen molar-refractivity contribution in [3.05, 3.63) is 108 Å². The van der Waals surface area contributed by atoms with Crippen LogP contribution in [-0.2, 0) is 40.5 Å². The van der Waals surface area contributed by atoms with Crippen LogP contribution in [0.15, 0.2) is 158 Å². The molecule has 0 aliphatic heterocycles. The number of nitrogens with zero attached hydrogens (tertiary/aromatic N) is 10. The largest absolute Gasteiger partial charge is 0.505 e. The van der Waals surface area contributed by atoms with E-state index in [4.69, 9.17) is 9.47 Å². The van der Waals surface area contributed by atoms with Gasteiger partial charge in [0.25, 0.3) is 40.5 Å². The van der Waals surface area contributed by atoms with Crippen molar-refractivity contribution in [2.45, 2.75) is 26.5 Å². The predicted octanol–water partition coefficient (Wildman–Crippen LogP) is 7.83. The first kappa shape index (κ1) is 56.2. The summed E-state index contributed by atoms with van der Waals surface area (Å²) < 4.78 is 147. The van der Waals surface area contributed by atoms with E-state index in [0.29, 0.717) is 6.07 Å². The fourth-order valence-electron chi connectivity index (χ4n) is 6.71. The fraction of sp³-hybridized carbons (Fsp3) is 0.116. The normalized spacial score (nSPS) is 12.7. The number of benzene rings is 6. The van der Waals surface area contributed by atoms with Gasteiger partial charge in [-0.1, -0.05) is 0 Å². The van der Waals surface area contributed by atoms with Gasteiger partial charge < -0.3 is 35.0 Å². The molecule has 34 heteroatoms. The van der Waals surface area contributed by atoms with E-state index >= 15 is 0 Å². The number of carboxylic acids is 1. The van der Waals surface area contributed by atoms with Crippen molar-refractivity contribution in [2.75, 3.05) is 26.4 Å². The number of phenolic OH excluding ortho intramolecular Hbond substituents is 1. The molecule has 0 atom stereocenters. The number of hydrogen-bond donors (Lipinski definition) is 9. The Morgan fingerprint density at radius 2 is 1.06 bits per heavy atom. The van der Waals surface area contributed by atoms with Crippen LogP contribution in [-0.4, -0.2) is 120 Å². The first-order valence-electron chi connectivity index (χ1n) is 21.1. The second-order valence-corrected chi connectivity index (χ2v) is 21.0. The molecule has 0 aliphatic carbocycles. The zero-order valence-corrected chi connectivity index (χ0v) is 42.0. The van der Waals surface area contributed by atoms with Crippen molar-refractivity contribution in [1.82, 2.24) is 9.78 Å². The topological polar surface area (TPSA) is 471 Å². The smallest absolute Gasteiger partial charge is 0.338 e. The number of carbonyl (C=O) groups is 1. The molecule has 0 radical (unpaired) electrons. The number of phenols is 1. The first-order chi connectivity index (χ1) is 36.2. The minimum absolute atomic E-state index is 0.00297. The summed E-state index contributed by atoms with van der Waals surface area (Å²) in [5.41, 5.74) is -3.18. The molecule has 402 valence electrons. The van der Waals surface area contributed by atoms with E-state index in [9.17, 15) is 82.2 Å². The molecule has 7 aromatic rings. The lowest BCUT2D eigenvalue weighted by Crippen LogP contribution is -2.04. The molecule has 1 heterocycles. The third-order valence-electron chi connectivity index (χ3n) is 10.2. The number of aromatic carboxylic acids is 1. The Balaban J connectivity index is 1.22. The monoisotopic (exact) mass is 1140 g/mol. The van der Waals surface area contributed by atoms with Crippen LogP contribution in [0, 0.1) is 6.92 Å². The van der Waals surface area contributed by atoms with Crippen LogP contribution in [0.2, 0.25) is 0 Å². The van der Waals surface area contributed by atoms with E-state index in [1.54, 1.807) is 0 Å². The van der Waals surface area contributed by atoms with Crippen molar-refractivity contribution < 1.29 is 91.7 Å². The number of carboxylic acid groups (broad SMARTS) is 1. The van der Waals surface area contributed by atoms with Crippen molar-refractivity contribution in [3.63, 3.8) is 0 Å². The molecule has 6 aromatic carbocycles. The van der Waals surface area contributed by atoms with Gasteiger partial charge in [0.05, 0.1) is 51.3 Å². The highest BCUT2D eigenvalue weighted by Gasteiger charge is 2.25. The van der Waals surface area contributed by atoms with Gasteiger partial charge in [0.2, 0.25) is 5.88 Å². The van der Waals surface area contributed by atoms with E-state index in [1.807, 2.05) is 0 Å². The average Bonchev–Trinajstić information content (AvgIpc) is 3.67. The highest BCUT2D eigenvalue weighted by Crippen LogP contribution is 2.46. The number of fused-ring (bicyclic) bond motifs is 1. The van der Waals surface area contributed by atoms with Gasteiger partial charge in [0, 0.05) is 17.5 Å². The Bertz CT molecular complexity index is 4100. The summed E-state index contributed by atoms with van der Waals surface area (Å²) in [7, 11) is -19.6. The molecule has 30 nitrogen and oxygen atoms in total. The van der Waals surface area contributed by atoms with Gasteiger partial charge in [0.15, 0.2) is 11.4 Å². The van der Waals surface area contributed by atoms with Crippen LogP contribution in [0.4, 0.5) is 45.5 Å². The van der Waals surface area contributed by atoms with E-state index < -0.39 is 120 Å². The Kier molecular flexibility index (Phi) is 16.3. The average molecular weight is 1140 g/mol. The summed E-state index contributed by atoms with van der Waals surface area (Å²) in [5, 5.41) is 86.9. The first-order valence-corrected chi connectivity index (χ1v) is 26.9. The standard InChI is InChI=1S/C43H36N10O20S4/c1-22-39(50-47-32-10-4-25(18-37(32)76(66,67)68)45-44-24-2-6-27(7-3-24)74(60,61)62)42(57)53(52-22)26-5-9-29-23(16-26)17-38(77(69,70)71)40(41(29)56)51-49-34-21-35(72-14-12-54)33(20-36(34)73-15-13-55)48-46-31-11-8-28(75(63,64)65)19-30(31)43(58)59/h2-11,16-21,54-57H,12-15H2,1H3,(H,58,59)(H,60,61,62)(H,63,64,65)(H,66,67,68)(H,69,70,71). The van der Waals surface area contributed by atoms with Gasteiger partial charge in [-0.05, 0) is 97.2 Å². The molecule has 0 fully saturated rings. The Morgan fingerprint density at radius 1 is 0.545 bits per heavy atom. The van der Waals surface area contributed by atoms with Crippen LogP contribution in [0.5, 0.6) is 23.1 Å². The molecule has 0 spiro atoms. The fourth-order valence-corrected chi connectivity index (χ4v) is 9.00. The summed E-state index contributed by atoms with van der Waals surface area (Å²) in [6.07, 6.45) is 0. The zero-order chi connectivity index (χ0) is 56.2. The molecule has 0 amide bonds. The number of rotatable bonds is 20. The summed E-state index contributed by atoms with van der Waals surface area (Å²) in [4.78, 5) is 8.99. The number of aliphatic hydroxyl groups excluding tert-OH is 2. The SMILES string of the molecule is Cc1nn(-c2ccc3c(O)c(N=Nc4cc(OCCO)c(N=Nc5ccc(S(=O)(=O)O)cc5C(=O)O)cc4OCCO)c(S(=O)(=O)O)cc3c2)c(O)c1N=Nc1ccc(N=Nc2ccc(S(=O)(=O)O)cc2)cc1S(=O)(=O)O. The number of hydrogen-bond acceptors (Lipinski definition) is 24. The Morgan fingerprint density at radius 3 is 1.64 bits per heavy atom. The summed E-state index contributed by atoms with van der Waals surface area (Å²) >= 11 is 0. The number of aromatic hydroxyl groups is 2. The lowest BCUT2D eigenvalue weighted by atomic mass is 10.1. The van der Waals surface area contributed by atoms with E-state index in [1.165, 1.54) is 43.3 Å². The minimum atomic E-state index is -5.26. The lowest BCUT2D eigenvalue weighted by Gasteiger charge is -2.13. The quantitative estimate of drug-likeness (QED) is 0.0259. The maximum Gasteiger partial charge on any atom is 0.338 e. The van der Waals surface area contributed by atoms with Gasteiger partial charge >= 0.3 is 5.97 Å². The zero-order valence-electron chi connectivity index (χ0n) is 38.7. The van der Waals surface area contributed by atoms with Crippen molar-refractivity contribution >= 4 is 103 Å². The Hall–Kier alpha value is -8.58. The lowest BCUT2D eigenvalue weighted by molar-refractivity contribution is 0.0697. The maximum atomic E-state index is 12.9. The van der Waals surface area contributed by atoms with Crippen LogP contribution in [0.3, 0.4) is 0 Å². The van der Waals surface area contributed by atoms with E-state index in [-0.39, 0.29) is 68.7 Å². The minimum Gasteiger partial charge on any atom is -0.505 e.